The number of amides is 1. The molecule has 0 radical (unpaired) electrons. The number of anilines is 2. The number of ether oxygens (including phenoxy) is 2. The van der Waals surface area contributed by atoms with Crippen molar-refractivity contribution in [2.24, 2.45) is 11.8 Å². The van der Waals surface area contributed by atoms with Crippen LogP contribution in [0.5, 0.6) is 0 Å². The Balaban J connectivity index is 0.000000371. The second-order valence-corrected chi connectivity index (χ2v) is 10.6. The molecule has 1 aliphatic carbocycles. The van der Waals surface area contributed by atoms with E-state index in [1.807, 2.05) is 54.8 Å². The van der Waals surface area contributed by atoms with Crippen LogP contribution >= 0.6 is 0 Å². The minimum absolute atomic E-state index is 0.0423. The molecule has 0 spiro atoms. The second-order valence-electron chi connectivity index (χ2n) is 10.6. The van der Waals surface area contributed by atoms with E-state index in [4.69, 9.17) is 19.6 Å². The molecule has 41 heavy (non-hydrogen) atoms. The van der Waals surface area contributed by atoms with Crippen molar-refractivity contribution in [3.8, 4) is 0 Å². The number of carbonyl (C=O) groups excluding carboxylic acids is 1. The van der Waals surface area contributed by atoms with Crippen LogP contribution in [0.2, 0.25) is 0 Å². The summed E-state index contributed by atoms with van der Waals surface area (Å²) >= 11 is 0. The van der Waals surface area contributed by atoms with Gasteiger partial charge < -0.3 is 14.4 Å². The van der Waals surface area contributed by atoms with Gasteiger partial charge in [-0.15, -0.1) is 10.2 Å². The van der Waals surface area contributed by atoms with Crippen LogP contribution in [0, 0.1) is 18.8 Å². The molecule has 3 aliphatic heterocycles. The maximum atomic E-state index is 11.7. The van der Waals surface area contributed by atoms with Gasteiger partial charge in [0.15, 0.2) is 11.5 Å². The molecule has 3 saturated heterocycles. The molecule has 8 rings (SSSR count). The second kappa shape index (κ2) is 12.3. The fraction of sp³-hybridized carbons (Fsp3) is 0.500. The largest absolute Gasteiger partial charge is 0.450 e. The Kier molecular flexibility index (Phi) is 8.53. The normalized spacial score (nSPS) is 24.1. The van der Waals surface area contributed by atoms with Gasteiger partial charge in [-0.1, -0.05) is 57.2 Å². The number of aryl methyl sites for hydroxylation is 1. The first kappa shape index (κ1) is 28.5. The molecule has 11 nitrogen and oxygen atoms in total. The Morgan fingerprint density at radius 3 is 2.56 bits per heavy atom. The van der Waals surface area contributed by atoms with E-state index < -0.39 is 11.7 Å². The molecule has 3 aromatic heterocycles. The van der Waals surface area contributed by atoms with E-state index in [9.17, 15) is 4.79 Å². The number of benzene rings is 1. The highest BCUT2D eigenvalue weighted by Crippen LogP contribution is 2.63. The summed E-state index contributed by atoms with van der Waals surface area (Å²) < 4.78 is 13.1. The lowest BCUT2D eigenvalue weighted by atomic mass is 9.63. The van der Waals surface area contributed by atoms with Gasteiger partial charge in [-0.3, -0.25) is 10.4 Å². The zero-order valence-corrected chi connectivity index (χ0v) is 24.5. The SMILES string of the molecule is CC.CCOC(=O)Nc1n[nH]c(C2C3COC2(c2nc4c(C)cc(N5CCC(C)C5)cn4n2)C3)n1.c1ccccc1. The maximum absolute atomic E-state index is 11.7. The van der Waals surface area contributed by atoms with Gasteiger partial charge in [0.2, 0.25) is 0 Å². The van der Waals surface area contributed by atoms with Crippen LogP contribution in [0.1, 0.15) is 63.7 Å². The predicted molar refractivity (Wildman–Crippen MR) is 157 cm³/mol. The van der Waals surface area contributed by atoms with Crippen molar-refractivity contribution in [1.82, 2.24) is 29.8 Å². The summed E-state index contributed by atoms with van der Waals surface area (Å²) in [5.74, 6) is 2.50. The third-order valence-electron chi connectivity index (χ3n) is 7.82. The fourth-order valence-corrected chi connectivity index (χ4v) is 5.92. The smallest absolute Gasteiger partial charge is 0.414 e. The molecule has 2 bridgehead atoms. The monoisotopic (exact) mass is 560 g/mol. The van der Waals surface area contributed by atoms with Crippen molar-refractivity contribution >= 4 is 23.4 Å². The minimum atomic E-state index is -0.633. The van der Waals surface area contributed by atoms with Crippen molar-refractivity contribution in [3.63, 3.8) is 0 Å². The molecule has 6 heterocycles. The number of aromatic amines is 1. The third-order valence-corrected chi connectivity index (χ3v) is 7.82. The van der Waals surface area contributed by atoms with Gasteiger partial charge in [-0.05, 0) is 50.2 Å². The predicted octanol–water partition coefficient (Wildman–Crippen LogP) is 5.31. The molecule has 4 aromatic rings. The summed E-state index contributed by atoms with van der Waals surface area (Å²) in [5, 5.41) is 14.5. The van der Waals surface area contributed by atoms with Crippen molar-refractivity contribution < 1.29 is 14.3 Å². The number of carbonyl (C=O) groups is 1. The van der Waals surface area contributed by atoms with Gasteiger partial charge in [0.05, 0.1) is 31.0 Å². The van der Waals surface area contributed by atoms with Crippen molar-refractivity contribution in [3.05, 3.63) is 65.9 Å². The van der Waals surface area contributed by atoms with Crippen LogP contribution in [-0.2, 0) is 15.1 Å². The number of hydrogen-bond acceptors (Lipinski definition) is 8. The zero-order valence-electron chi connectivity index (χ0n) is 24.5. The zero-order chi connectivity index (χ0) is 29.0. The first-order valence-corrected chi connectivity index (χ1v) is 14.6. The van der Waals surface area contributed by atoms with Crippen molar-refractivity contribution in [2.45, 2.75) is 59.0 Å². The lowest BCUT2D eigenvalue weighted by molar-refractivity contribution is -0.0344. The number of hydrogen-bond donors (Lipinski definition) is 2. The van der Waals surface area contributed by atoms with E-state index in [0.29, 0.717) is 30.1 Å². The van der Waals surface area contributed by atoms with Gasteiger partial charge in [0, 0.05) is 13.1 Å². The van der Waals surface area contributed by atoms with Crippen LogP contribution < -0.4 is 10.2 Å². The van der Waals surface area contributed by atoms with Crippen LogP contribution in [0.4, 0.5) is 16.4 Å². The van der Waals surface area contributed by atoms with Gasteiger partial charge >= 0.3 is 6.09 Å². The van der Waals surface area contributed by atoms with Crippen LogP contribution in [-0.4, -0.2) is 62.2 Å². The average molecular weight is 561 g/mol. The summed E-state index contributed by atoms with van der Waals surface area (Å²) in [7, 11) is 0. The third kappa shape index (κ3) is 5.63. The molecule has 1 amide bonds. The van der Waals surface area contributed by atoms with E-state index in [0.717, 1.165) is 30.7 Å². The van der Waals surface area contributed by atoms with Crippen LogP contribution in [0.3, 0.4) is 0 Å². The number of rotatable bonds is 5. The molecule has 11 heteroatoms. The van der Waals surface area contributed by atoms with E-state index >= 15 is 0 Å². The maximum Gasteiger partial charge on any atom is 0.414 e. The average Bonchev–Trinajstić information content (AvgIpc) is 3.80. The Bertz CT molecular complexity index is 1420. The lowest BCUT2D eigenvalue weighted by Gasteiger charge is -2.41. The number of nitrogens with zero attached hydrogens (tertiary/aromatic N) is 6. The molecule has 1 aromatic carbocycles. The van der Waals surface area contributed by atoms with Gasteiger partial charge in [-0.25, -0.2) is 14.3 Å². The van der Waals surface area contributed by atoms with Gasteiger partial charge in [-0.2, -0.15) is 4.98 Å². The molecule has 4 unspecified atom stereocenters. The van der Waals surface area contributed by atoms with Gasteiger partial charge in [0.25, 0.3) is 5.95 Å². The summed E-state index contributed by atoms with van der Waals surface area (Å²) in [4.78, 5) is 23.5. The highest BCUT2D eigenvalue weighted by atomic mass is 16.5. The first-order chi connectivity index (χ1) is 20.0. The standard InChI is InChI=1S/C22H28N8O3.C6H6.C2H6/c1-4-32-21(31)25-20-23-17(26-27-20)16-14-8-22(16,33-11-14)19-24-18-13(3)7-15(10-30(18)28-19)29-6-5-12(2)9-29;1-2-4-6-5-3-1;1-2/h7,10,12,14,16H,4-6,8-9,11H2,1-3H3,(H2,23,25,26,27,31);1-6H;1-2H3. The van der Waals surface area contributed by atoms with Crippen LogP contribution in [0.25, 0.3) is 5.65 Å². The van der Waals surface area contributed by atoms with Gasteiger partial charge in [0.1, 0.15) is 11.4 Å². The van der Waals surface area contributed by atoms with E-state index in [1.165, 1.54) is 12.1 Å². The first-order valence-electron chi connectivity index (χ1n) is 14.6. The summed E-state index contributed by atoms with van der Waals surface area (Å²) in [5.41, 5.74) is 2.48. The molecule has 218 valence electrons. The Morgan fingerprint density at radius 2 is 1.93 bits per heavy atom. The lowest BCUT2D eigenvalue weighted by Crippen LogP contribution is -2.44. The molecule has 4 aliphatic rings. The van der Waals surface area contributed by atoms with Crippen molar-refractivity contribution in [1.29, 1.82) is 0 Å². The fourth-order valence-electron chi connectivity index (χ4n) is 5.92. The molecular weight excluding hydrogens is 520 g/mol. The minimum Gasteiger partial charge on any atom is -0.450 e. The highest BCUT2D eigenvalue weighted by Gasteiger charge is 2.66. The number of pyridine rings is 1. The topological polar surface area (TPSA) is 123 Å². The molecule has 1 saturated carbocycles. The quantitative estimate of drug-likeness (QED) is 0.337. The Morgan fingerprint density at radius 1 is 1.20 bits per heavy atom. The molecular formula is C30H40N8O3. The molecule has 4 atom stereocenters. The Hall–Kier alpha value is -3.99. The van der Waals surface area contributed by atoms with E-state index in [2.05, 4.69) is 51.5 Å². The van der Waals surface area contributed by atoms with Crippen LogP contribution in [0.15, 0.2) is 48.7 Å². The number of nitrogens with one attached hydrogen (secondary N) is 2. The molecule has 4 fully saturated rings. The Labute approximate surface area is 240 Å². The van der Waals surface area contributed by atoms with E-state index in [1.54, 1.807) is 6.92 Å². The van der Waals surface area contributed by atoms with Crippen molar-refractivity contribution in [2.75, 3.05) is 36.5 Å². The highest BCUT2D eigenvalue weighted by molar-refractivity contribution is 5.82. The number of aromatic nitrogens is 6. The summed E-state index contributed by atoms with van der Waals surface area (Å²) in [6.07, 6.45) is 3.55. The number of H-pyrrole nitrogens is 1. The summed E-state index contributed by atoms with van der Waals surface area (Å²) in [6.45, 7) is 13.2. The molecule has 2 N–H and O–H groups in total. The summed E-state index contributed by atoms with van der Waals surface area (Å²) in [6, 6.07) is 14.2. The number of fused-ring (bicyclic) bond motifs is 2. The van der Waals surface area contributed by atoms with E-state index in [-0.39, 0.29) is 18.5 Å².